The molecule has 1 fully saturated rings. The van der Waals surface area contributed by atoms with Crippen LogP contribution in [0.3, 0.4) is 0 Å². The highest BCUT2D eigenvalue weighted by atomic mass is 16.5. The van der Waals surface area contributed by atoms with Crippen LogP contribution < -0.4 is 5.32 Å². The Balaban J connectivity index is 1.53. The van der Waals surface area contributed by atoms with Gasteiger partial charge in [0.2, 0.25) is 0 Å². The Morgan fingerprint density at radius 2 is 2.11 bits per heavy atom. The zero-order chi connectivity index (χ0) is 19.5. The number of hydrogen-bond acceptors (Lipinski definition) is 7. The van der Waals surface area contributed by atoms with Gasteiger partial charge in [0.05, 0.1) is 29.3 Å². The molecule has 0 amide bonds. The molecule has 0 unspecified atom stereocenters. The van der Waals surface area contributed by atoms with Gasteiger partial charge in [0.1, 0.15) is 17.7 Å². The van der Waals surface area contributed by atoms with E-state index in [0.29, 0.717) is 6.61 Å². The first-order chi connectivity index (χ1) is 13.7. The predicted octanol–water partition coefficient (Wildman–Crippen LogP) is 3.36. The minimum atomic E-state index is -0.0659. The Morgan fingerprint density at radius 1 is 1.21 bits per heavy atom. The van der Waals surface area contributed by atoms with Crippen LogP contribution in [0.1, 0.15) is 28.8 Å². The fourth-order valence-corrected chi connectivity index (χ4v) is 3.68. The number of aryl methyl sites for hydroxylation is 2. The molecule has 1 saturated heterocycles. The number of nitrogens with one attached hydrogen (secondary N) is 1. The summed E-state index contributed by atoms with van der Waals surface area (Å²) in [6.45, 7) is 7.03. The molecule has 1 aliphatic rings. The Hall–Kier alpha value is -2.77. The predicted molar refractivity (Wildman–Crippen MR) is 107 cm³/mol. The average molecular weight is 379 g/mol. The molecule has 0 bridgehead atoms. The second kappa shape index (κ2) is 8.08. The van der Waals surface area contributed by atoms with Gasteiger partial charge in [-0.15, -0.1) is 0 Å². The zero-order valence-electron chi connectivity index (χ0n) is 16.5. The minimum absolute atomic E-state index is 0.0659. The molecule has 28 heavy (non-hydrogen) atoms. The van der Waals surface area contributed by atoms with Crippen LogP contribution in [0.4, 0.5) is 5.82 Å². The minimum Gasteiger partial charge on any atom is -0.373 e. The standard InChI is InChI=1S/C21H25N5O2/c1-14-20(15(2)28-25-14)18-8-4-7-17(24-18)19-13-26(10-11-27-19)12-16-6-5-9-23-21(16)22-3/h4-9,19H,10-13H2,1-3H3,(H,22,23)/t19-/m0/s1. The van der Waals surface area contributed by atoms with E-state index in [1.165, 1.54) is 5.56 Å². The van der Waals surface area contributed by atoms with Gasteiger partial charge >= 0.3 is 0 Å². The summed E-state index contributed by atoms with van der Waals surface area (Å²) in [4.78, 5) is 11.6. The monoisotopic (exact) mass is 379 g/mol. The van der Waals surface area contributed by atoms with Crippen molar-refractivity contribution in [3.8, 4) is 11.3 Å². The van der Waals surface area contributed by atoms with Gasteiger partial charge in [0, 0.05) is 38.4 Å². The van der Waals surface area contributed by atoms with Crippen LogP contribution in [0.25, 0.3) is 11.3 Å². The molecule has 1 atom stereocenters. The van der Waals surface area contributed by atoms with Gasteiger partial charge in [-0.2, -0.15) is 0 Å². The van der Waals surface area contributed by atoms with Crippen molar-refractivity contribution in [1.29, 1.82) is 0 Å². The fraction of sp³-hybridized carbons (Fsp3) is 0.381. The first-order valence-corrected chi connectivity index (χ1v) is 9.51. The maximum atomic E-state index is 6.05. The number of rotatable bonds is 5. The molecule has 0 aromatic carbocycles. The molecule has 1 aliphatic heterocycles. The third kappa shape index (κ3) is 3.76. The molecule has 4 rings (SSSR count). The van der Waals surface area contributed by atoms with Gasteiger partial charge in [-0.3, -0.25) is 4.90 Å². The summed E-state index contributed by atoms with van der Waals surface area (Å²) in [5.41, 5.74) is 4.80. The summed E-state index contributed by atoms with van der Waals surface area (Å²) in [7, 11) is 1.90. The maximum Gasteiger partial charge on any atom is 0.143 e. The van der Waals surface area contributed by atoms with Gasteiger partial charge in [-0.1, -0.05) is 17.3 Å². The summed E-state index contributed by atoms with van der Waals surface area (Å²) in [6.07, 6.45) is 1.74. The lowest BCUT2D eigenvalue weighted by Crippen LogP contribution is -2.38. The molecule has 0 spiro atoms. The molecule has 1 N–H and O–H groups in total. The van der Waals surface area contributed by atoms with E-state index in [-0.39, 0.29) is 6.10 Å². The van der Waals surface area contributed by atoms with Crippen molar-refractivity contribution in [3.05, 3.63) is 59.2 Å². The Labute approximate surface area is 164 Å². The van der Waals surface area contributed by atoms with Crippen molar-refractivity contribution in [3.63, 3.8) is 0 Å². The summed E-state index contributed by atoms with van der Waals surface area (Å²) in [5, 5.41) is 7.21. The molecule has 3 aromatic rings. The molecular weight excluding hydrogens is 354 g/mol. The van der Waals surface area contributed by atoms with Gasteiger partial charge in [0.25, 0.3) is 0 Å². The number of anilines is 1. The SMILES string of the molecule is CNc1ncccc1CN1CCO[C@H](c2cccc(-c3c(C)noc3C)n2)C1. The molecule has 7 nitrogen and oxygen atoms in total. The number of nitrogens with zero attached hydrogens (tertiary/aromatic N) is 4. The van der Waals surface area contributed by atoms with Crippen molar-refractivity contribution < 1.29 is 9.26 Å². The lowest BCUT2D eigenvalue weighted by atomic mass is 10.1. The molecule has 7 heteroatoms. The highest BCUT2D eigenvalue weighted by Crippen LogP contribution is 2.28. The number of aromatic nitrogens is 3. The number of ether oxygens (including phenoxy) is 1. The van der Waals surface area contributed by atoms with Crippen molar-refractivity contribution in [2.75, 3.05) is 32.1 Å². The van der Waals surface area contributed by atoms with Crippen LogP contribution in [-0.2, 0) is 11.3 Å². The van der Waals surface area contributed by atoms with Crippen molar-refractivity contribution in [1.82, 2.24) is 20.0 Å². The lowest BCUT2D eigenvalue weighted by Gasteiger charge is -2.33. The topological polar surface area (TPSA) is 76.3 Å². The summed E-state index contributed by atoms with van der Waals surface area (Å²) in [6, 6.07) is 10.1. The van der Waals surface area contributed by atoms with Crippen LogP contribution >= 0.6 is 0 Å². The Kier molecular flexibility index (Phi) is 5.36. The molecular formula is C21H25N5O2. The number of morpholine rings is 1. The van der Waals surface area contributed by atoms with E-state index >= 15 is 0 Å². The van der Waals surface area contributed by atoms with Crippen molar-refractivity contribution in [2.45, 2.75) is 26.5 Å². The van der Waals surface area contributed by atoms with Crippen LogP contribution in [0.2, 0.25) is 0 Å². The summed E-state index contributed by atoms with van der Waals surface area (Å²) in [5.74, 6) is 1.70. The van der Waals surface area contributed by atoms with Gasteiger partial charge in [-0.05, 0) is 32.0 Å². The molecule has 0 radical (unpaired) electrons. The Bertz CT molecular complexity index is 936. The van der Waals surface area contributed by atoms with E-state index < -0.39 is 0 Å². The molecule has 4 heterocycles. The van der Waals surface area contributed by atoms with Gasteiger partial charge in [0.15, 0.2) is 0 Å². The second-order valence-electron chi connectivity index (χ2n) is 7.00. The normalized spacial score (nSPS) is 17.6. The molecule has 3 aromatic heterocycles. The molecule has 0 saturated carbocycles. The third-order valence-electron chi connectivity index (χ3n) is 5.06. The van der Waals surface area contributed by atoms with E-state index in [1.807, 2.05) is 51.4 Å². The fourth-order valence-electron chi connectivity index (χ4n) is 3.68. The van der Waals surface area contributed by atoms with Gasteiger partial charge < -0.3 is 14.6 Å². The average Bonchev–Trinajstić information content (AvgIpc) is 3.07. The Morgan fingerprint density at radius 3 is 2.89 bits per heavy atom. The number of hydrogen-bond donors (Lipinski definition) is 1. The first kappa shape index (κ1) is 18.6. The maximum absolute atomic E-state index is 6.05. The zero-order valence-corrected chi connectivity index (χ0v) is 16.5. The van der Waals surface area contributed by atoms with Crippen LogP contribution in [0.15, 0.2) is 41.1 Å². The van der Waals surface area contributed by atoms with E-state index in [4.69, 9.17) is 14.2 Å². The second-order valence-corrected chi connectivity index (χ2v) is 7.00. The van der Waals surface area contributed by atoms with E-state index in [1.54, 1.807) is 0 Å². The van der Waals surface area contributed by atoms with Gasteiger partial charge in [-0.25, -0.2) is 9.97 Å². The largest absolute Gasteiger partial charge is 0.373 e. The quantitative estimate of drug-likeness (QED) is 0.728. The summed E-state index contributed by atoms with van der Waals surface area (Å²) < 4.78 is 11.3. The van der Waals surface area contributed by atoms with Crippen molar-refractivity contribution >= 4 is 5.82 Å². The summed E-state index contributed by atoms with van der Waals surface area (Å²) >= 11 is 0. The third-order valence-corrected chi connectivity index (χ3v) is 5.06. The van der Waals surface area contributed by atoms with E-state index in [9.17, 15) is 0 Å². The number of pyridine rings is 2. The van der Waals surface area contributed by atoms with Crippen LogP contribution in [0.5, 0.6) is 0 Å². The van der Waals surface area contributed by atoms with Crippen LogP contribution in [0, 0.1) is 13.8 Å². The van der Waals surface area contributed by atoms with Crippen LogP contribution in [-0.4, -0.2) is 46.8 Å². The molecule has 0 aliphatic carbocycles. The highest BCUT2D eigenvalue weighted by molar-refractivity contribution is 5.63. The lowest BCUT2D eigenvalue weighted by molar-refractivity contribution is -0.0349. The van der Waals surface area contributed by atoms with E-state index in [2.05, 4.69) is 26.4 Å². The first-order valence-electron chi connectivity index (χ1n) is 9.51. The van der Waals surface area contributed by atoms with Crippen molar-refractivity contribution in [2.24, 2.45) is 0 Å². The smallest absolute Gasteiger partial charge is 0.143 e. The van der Waals surface area contributed by atoms with E-state index in [0.717, 1.165) is 53.9 Å². The molecule has 146 valence electrons. The highest BCUT2D eigenvalue weighted by Gasteiger charge is 2.24.